The van der Waals surface area contributed by atoms with Crippen LogP contribution in [0.15, 0.2) is 6.20 Å². The Morgan fingerprint density at radius 2 is 2.19 bits per heavy atom. The summed E-state index contributed by atoms with van der Waals surface area (Å²) in [6, 6.07) is 2.13. The smallest absolute Gasteiger partial charge is 0.124 e. The molecule has 0 aliphatic carbocycles. The molecule has 0 amide bonds. The van der Waals surface area contributed by atoms with Crippen LogP contribution >= 0.6 is 11.3 Å². The molecular weight excluding hydrogens is 220 g/mol. The van der Waals surface area contributed by atoms with Crippen LogP contribution in [0.1, 0.15) is 9.88 Å². The van der Waals surface area contributed by atoms with Crippen LogP contribution < -0.4 is 0 Å². The molecule has 0 N–H and O–H groups in total. The molecule has 0 atom stereocenters. The summed E-state index contributed by atoms with van der Waals surface area (Å²) in [6.07, 6.45) is 2.64. The predicted octanol–water partition coefficient (Wildman–Crippen LogP) is 0.805. The van der Waals surface area contributed by atoms with Crippen molar-refractivity contribution in [2.75, 3.05) is 39.8 Å². The van der Waals surface area contributed by atoms with Gasteiger partial charge in [-0.05, 0) is 7.05 Å². The van der Waals surface area contributed by atoms with E-state index in [0.717, 1.165) is 44.2 Å². The number of hydrogen-bond acceptors (Lipinski definition) is 5. The van der Waals surface area contributed by atoms with Crippen LogP contribution in [-0.2, 0) is 6.42 Å². The zero-order valence-electron chi connectivity index (χ0n) is 9.52. The lowest BCUT2D eigenvalue weighted by atomic mass is 10.3. The van der Waals surface area contributed by atoms with Crippen molar-refractivity contribution >= 4 is 11.3 Å². The highest BCUT2D eigenvalue weighted by Gasteiger charge is 2.13. The summed E-state index contributed by atoms with van der Waals surface area (Å²) in [4.78, 5) is 9.78. The van der Waals surface area contributed by atoms with Crippen LogP contribution in [0.25, 0.3) is 0 Å². The molecule has 86 valence electrons. The lowest BCUT2D eigenvalue weighted by Crippen LogP contribution is -2.45. The molecule has 5 heteroatoms. The lowest BCUT2D eigenvalue weighted by Gasteiger charge is -2.32. The Morgan fingerprint density at radius 1 is 1.44 bits per heavy atom. The van der Waals surface area contributed by atoms with Gasteiger partial charge in [0.25, 0.3) is 0 Å². The highest BCUT2D eigenvalue weighted by molar-refractivity contribution is 7.12. The molecule has 0 unspecified atom stereocenters. The van der Waals surface area contributed by atoms with Crippen molar-refractivity contribution in [1.82, 2.24) is 14.8 Å². The van der Waals surface area contributed by atoms with E-state index in [1.807, 2.05) is 0 Å². The number of piperazine rings is 1. The quantitative estimate of drug-likeness (QED) is 0.779. The van der Waals surface area contributed by atoms with Gasteiger partial charge in [-0.25, -0.2) is 4.98 Å². The number of likely N-dealkylation sites (N-methyl/N-ethyl adjacent to an activating group) is 1. The van der Waals surface area contributed by atoms with Gasteiger partial charge < -0.3 is 9.80 Å². The summed E-state index contributed by atoms with van der Waals surface area (Å²) >= 11 is 1.51. The molecule has 0 radical (unpaired) electrons. The van der Waals surface area contributed by atoms with E-state index >= 15 is 0 Å². The van der Waals surface area contributed by atoms with Crippen LogP contribution in [0.4, 0.5) is 0 Å². The molecule has 0 aromatic carbocycles. The van der Waals surface area contributed by atoms with E-state index in [9.17, 15) is 0 Å². The maximum Gasteiger partial charge on any atom is 0.124 e. The summed E-state index contributed by atoms with van der Waals surface area (Å²) < 4.78 is 0. The Labute approximate surface area is 100 Å². The number of thiazole rings is 1. The monoisotopic (exact) mass is 236 g/mol. The molecule has 1 aromatic heterocycles. The summed E-state index contributed by atoms with van der Waals surface area (Å²) in [7, 11) is 2.16. The van der Waals surface area contributed by atoms with Gasteiger partial charge in [-0.1, -0.05) is 0 Å². The van der Waals surface area contributed by atoms with Gasteiger partial charge >= 0.3 is 0 Å². The molecule has 1 aliphatic rings. The zero-order chi connectivity index (χ0) is 11.4. The fourth-order valence-corrected chi connectivity index (χ4v) is 2.51. The summed E-state index contributed by atoms with van der Waals surface area (Å²) in [6.45, 7) is 5.66. The van der Waals surface area contributed by atoms with Gasteiger partial charge in [-0.2, -0.15) is 5.26 Å². The minimum Gasteiger partial charge on any atom is -0.304 e. The van der Waals surface area contributed by atoms with Gasteiger partial charge in [-0.3, -0.25) is 0 Å². The third-order valence-electron chi connectivity index (χ3n) is 2.90. The normalized spacial score (nSPS) is 18.5. The van der Waals surface area contributed by atoms with E-state index < -0.39 is 0 Å². The third-order valence-corrected chi connectivity index (χ3v) is 3.86. The maximum absolute atomic E-state index is 8.70. The van der Waals surface area contributed by atoms with Crippen LogP contribution in [0, 0.1) is 11.3 Å². The van der Waals surface area contributed by atoms with Gasteiger partial charge in [0.15, 0.2) is 0 Å². The van der Waals surface area contributed by atoms with Crippen LogP contribution in [-0.4, -0.2) is 54.6 Å². The predicted molar refractivity (Wildman–Crippen MR) is 64.5 cm³/mol. The molecule has 0 bridgehead atoms. The molecule has 2 heterocycles. The highest BCUT2D eigenvalue weighted by atomic mass is 32.1. The number of aromatic nitrogens is 1. The van der Waals surface area contributed by atoms with Crippen molar-refractivity contribution in [3.63, 3.8) is 0 Å². The molecule has 1 saturated heterocycles. The summed E-state index contributed by atoms with van der Waals surface area (Å²) in [5, 5.41) is 9.78. The summed E-state index contributed by atoms with van der Waals surface area (Å²) in [5.74, 6) is 0. The van der Waals surface area contributed by atoms with E-state index in [1.54, 1.807) is 6.20 Å². The SMILES string of the molecule is CN1CCN(CCc2ncc(C#N)s2)CC1. The minimum atomic E-state index is 0.716. The van der Waals surface area contributed by atoms with E-state index in [4.69, 9.17) is 5.26 Å². The Balaban J connectivity index is 1.77. The second-order valence-corrected chi connectivity index (χ2v) is 5.24. The first-order valence-corrected chi connectivity index (χ1v) is 6.35. The molecule has 4 nitrogen and oxygen atoms in total. The molecule has 1 aliphatic heterocycles. The third kappa shape index (κ3) is 3.01. The number of hydrogen-bond donors (Lipinski definition) is 0. The zero-order valence-corrected chi connectivity index (χ0v) is 10.3. The second-order valence-electron chi connectivity index (χ2n) is 4.12. The first kappa shape index (κ1) is 11.5. The minimum absolute atomic E-state index is 0.716. The average Bonchev–Trinajstić information content (AvgIpc) is 2.76. The molecule has 1 aromatic rings. The fraction of sp³-hybridized carbons (Fsp3) is 0.636. The molecule has 1 fully saturated rings. The van der Waals surface area contributed by atoms with Crippen LogP contribution in [0.5, 0.6) is 0 Å². The molecular formula is C11H16N4S. The van der Waals surface area contributed by atoms with Crippen LogP contribution in [0.2, 0.25) is 0 Å². The number of nitriles is 1. The first-order valence-electron chi connectivity index (χ1n) is 5.53. The summed E-state index contributed by atoms with van der Waals surface area (Å²) in [5.41, 5.74) is 0. The van der Waals surface area contributed by atoms with Crippen molar-refractivity contribution in [3.05, 3.63) is 16.1 Å². The first-order chi connectivity index (χ1) is 7.78. The lowest BCUT2D eigenvalue weighted by molar-refractivity contribution is 0.155. The van der Waals surface area contributed by atoms with E-state index in [1.165, 1.54) is 11.3 Å². The Kier molecular flexibility index (Phi) is 3.88. The van der Waals surface area contributed by atoms with Crippen molar-refractivity contribution in [2.24, 2.45) is 0 Å². The van der Waals surface area contributed by atoms with Gasteiger partial charge in [0.2, 0.25) is 0 Å². The Hall–Kier alpha value is -0.960. The van der Waals surface area contributed by atoms with Gasteiger partial charge in [0.1, 0.15) is 10.9 Å². The molecule has 2 rings (SSSR count). The number of nitrogens with zero attached hydrogens (tertiary/aromatic N) is 4. The fourth-order valence-electron chi connectivity index (χ4n) is 1.80. The van der Waals surface area contributed by atoms with Gasteiger partial charge in [-0.15, -0.1) is 11.3 Å². The van der Waals surface area contributed by atoms with Crippen molar-refractivity contribution in [1.29, 1.82) is 5.26 Å². The van der Waals surface area contributed by atoms with E-state index in [-0.39, 0.29) is 0 Å². The number of rotatable bonds is 3. The Morgan fingerprint density at radius 3 is 2.81 bits per heavy atom. The standard InChI is InChI=1S/C11H16N4S/c1-14-4-6-15(7-5-14)3-2-11-13-9-10(8-12)16-11/h9H,2-7H2,1H3. The Bertz CT molecular complexity index is 374. The molecule has 0 saturated carbocycles. The second kappa shape index (κ2) is 5.39. The van der Waals surface area contributed by atoms with E-state index in [0.29, 0.717) is 4.88 Å². The largest absolute Gasteiger partial charge is 0.304 e. The van der Waals surface area contributed by atoms with Crippen molar-refractivity contribution in [2.45, 2.75) is 6.42 Å². The van der Waals surface area contributed by atoms with Crippen LogP contribution in [0.3, 0.4) is 0 Å². The highest BCUT2D eigenvalue weighted by Crippen LogP contribution is 2.12. The van der Waals surface area contributed by atoms with Gasteiger partial charge in [0, 0.05) is 39.1 Å². The molecule has 16 heavy (non-hydrogen) atoms. The van der Waals surface area contributed by atoms with Crippen molar-refractivity contribution < 1.29 is 0 Å². The molecule has 0 spiro atoms. The van der Waals surface area contributed by atoms with E-state index in [2.05, 4.69) is 27.9 Å². The van der Waals surface area contributed by atoms with Gasteiger partial charge in [0.05, 0.1) is 11.2 Å². The topological polar surface area (TPSA) is 43.2 Å². The average molecular weight is 236 g/mol. The van der Waals surface area contributed by atoms with Crippen molar-refractivity contribution in [3.8, 4) is 6.07 Å². The maximum atomic E-state index is 8.70.